The van der Waals surface area contributed by atoms with E-state index in [1.165, 1.54) is 11.8 Å². The molecule has 2 rings (SSSR count). The highest BCUT2D eigenvalue weighted by molar-refractivity contribution is 8.00. The van der Waals surface area contributed by atoms with Crippen molar-refractivity contribution < 1.29 is 24.6 Å². The predicted octanol–water partition coefficient (Wildman–Crippen LogP) is 0.296. The summed E-state index contributed by atoms with van der Waals surface area (Å²) < 4.78 is 0. The summed E-state index contributed by atoms with van der Waals surface area (Å²) in [6.07, 6.45) is -1.57. The molecule has 1 aromatic rings. The fraction of sp³-hybridized carbons (Fsp3) is 0.308. The van der Waals surface area contributed by atoms with Gasteiger partial charge in [-0.05, 0) is 18.2 Å². The first-order chi connectivity index (χ1) is 9.97. The SMILES string of the molecule is O=C1CSc2ccc(C(=O)NCCC(O)C(=O)O)cc2N1. The van der Waals surface area contributed by atoms with Crippen LogP contribution in [-0.2, 0) is 9.59 Å². The van der Waals surface area contributed by atoms with E-state index in [1.54, 1.807) is 18.2 Å². The molecule has 2 amide bonds. The summed E-state index contributed by atoms with van der Waals surface area (Å²) in [4.78, 5) is 34.5. The minimum Gasteiger partial charge on any atom is -0.479 e. The second kappa shape index (κ2) is 6.59. The van der Waals surface area contributed by atoms with Crippen LogP contribution in [0.15, 0.2) is 23.1 Å². The van der Waals surface area contributed by atoms with Crippen LogP contribution in [0.2, 0.25) is 0 Å². The van der Waals surface area contributed by atoms with E-state index in [4.69, 9.17) is 10.2 Å². The van der Waals surface area contributed by atoms with E-state index >= 15 is 0 Å². The molecular formula is C13H14N2O5S. The van der Waals surface area contributed by atoms with Crippen LogP contribution in [0.25, 0.3) is 0 Å². The van der Waals surface area contributed by atoms with Crippen molar-refractivity contribution in [3.8, 4) is 0 Å². The molecule has 112 valence electrons. The van der Waals surface area contributed by atoms with E-state index in [0.29, 0.717) is 17.0 Å². The van der Waals surface area contributed by atoms with Crippen molar-refractivity contribution >= 4 is 35.2 Å². The number of nitrogens with one attached hydrogen (secondary N) is 2. The van der Waals surface area contributed by atoms with Gasteiger partial charge in [-0.15, -0.1) is 11.8 Å². The molecule has 0 aliphatic carbocycles. The van der Waals surface area contributed by atoms with Crippen LogP contribution in [0, 0.1) is 0 Å². The monoisotopic (exact) mass is 310 g/mol. The fourth-order valence-electron chi connectivity index (χ4n) is 1.77. The van der Waals surface area contributed by atoms with Gasteiger partial charge in [0.25, 0.3) is 5.91 Å². The van der Waals surface area contributed by atoms with E-state index in [9.17, 15) is 14.4 Å². The van der Waals surface area contributed by atoms with Crippen molar-refractivity contribution in [1.82, 2.24) is 5.32 Å². The van der Waals surface area contributed by atoms with Gasteiger partial charge in [-0.2, -0.15) is 0 Å². The molecule has 7 nitrogen and oxygen atoms in total. The molecule has 1 unspecified atom stereocenters. The third-order valence-corrected chi connectivity index (χ3v) is 3.94. The summed E-state index contributed by atoms with van der Waals surface area (Å²) in [5.41, 5.74) is 0.954. The maximum atomic E-state index is 11.9. The lowest BCUT2D eigenvalue weighted by atomic mass is 10.1. The molecule has 8 heteroatoms. The van der Waals surface area contributed by atoms with Gasteiger partial charge in [0, 0.05) is 23.4 Å². The zero-order valence-electron chi connectivity index (χ0n) is 11.0. The highest BCUT2D eigenvalue weighted by Gasteiger charge is 2.18. The number of hydrogen-bond donors (Lipinski definition) is 4. The molecule has 0 saturated heterocycles. The standard InChI is InChI=1S/C13H14N2O5S/c16-9(13(19)20)3-4-14-12(18)7-1-2-10-8(5-7)15-11(17)6-21-10/h1-2,5,9,16H,3-4,6H2,(H,14,18)(H,15,17)(H,19,20). The topological polar surface area (TPSA) is 116 Å². The molecule has 1 aromatic carbocycles. The minimum atomic E-state index is -1.50. The molecule has 1 aliphatic heterocycles. The van der Waals surface area contributed by atoms with E-state index in [0.717, 1.165) is 4.90 Å². The molecule has 0 bridgehead atoms. The largest absolute Gasteiger partial charge is 0.479 e. The number of carboxylic acid groups (broad SMARTS) is 1. The Kier molecular flexibility index (Phi) is 4.81. The number of amides is 2. The van der Waals surface area contributed by atoms with Crippen molar-refractivity contribution in [3.63, 3.8) is 0 Å². The van der Waals surface area contributed by atoms with Crippen LogP contribution in [0.3, 0.4) is 0 Å². The Labute approximate surface area is 124 Å². The van der Waals surface area contributed by atoms with Crippen LogP contribution in [0.1, 0.15) is 16.8 Å². The number of aliphatic carboxylic acids is 1. The van der Waals surface area contributed by atoms with E-state index in [1.807, 2.05) is 0 Å². The first-order valence-corrected chi connectivity index (χ1v) is 7.21. The summed E-state index contributed by atoms with van der Waals surface area (Å²) >= 11 is 1.40. The van der Waals surface area contributed by atoms with Crippen molar-refractivity contribution in [2.45, 2.75) is 17.4 Å². The normalized spacial score (nSPS) is 14.8. The predicted molar refractivity (Wildman–Crippen MR) is 76.4 cm³/mol. The van der Waals surface area contributed by atoms with Crippen LogP contribution < -0.4 is 10.6 Å². The Morgan fingerprint density at radius 1 is 1.43 bits per heavy atom. The Balaban J connectivity index is 1.95. The third-order valence-electron chi connectivity index (χ3n) is 2.86. The Morgan fingerprint density at radius 2 is 2.19 bits per heavy atom. The van der Waals surface area contributed by atoms with Crippen LogP contribution in [0.5, 0.6) is 0 Å². The number of aliphatic hydroxyl groups is 1. The smallest absolute Gasteiger partial charge is 0.332 e. The molecule has 1 aliphatic rings. The van der Waals surface area contributed by atoms with Gasteiger partial charge in [-0.3, -0.25) is 9.59 Å². The second-order valence-corrected chi connectivity index (χ2v) is 5.46. The van der Waals surface area contributed by atoms with Crippen LogP contribution in [-0.4, -0.2) is 46.4 Å². The summed E-state index contributed by atoms with van der Waals surface area (Å²) in [7, 11) is 0. The zero-order chi connectivity index (χ0) is 15.4. The van der Waals surface area contributed by atoms with E-state index < -0.39 is 12.1 Å². The average Bonchev–Trinajstić information content (AvgIpc) is 2.45. The second-order valence-electron chi connectivity index (χ2n) is 4.45. The molecule has 0 spiro atoms. The summed E-state index contributed by atoms with van der Waals surface area (Å²) in [6, 6.07) is 4.95. The highest BCUT2D eigenvalue weighted by Crippen LogP contribution is 2.31. The molecule has 1 atom stereocenters. The first-order valence-electron chi connectivity index (χ1n) is 6.23. The molecule has 0 saturated carbocycles. The number of carbonyl (C=O) groups is 3. The molecule has 1 heterocycles. The number of hydrogen-bond acceptors (Lipinski definition) is 5. The van der Waals surface area contributed by atoms with Gasteiger partial charge in [-0.1, -0.05) is 0 Å². The van der Waals surface area contributed by atoms with Crippen molar-refractivity contribution in [2.75, 3.05) is 17.6 Å². The number of anilines is 1. The quantitative estimate of drug-likeness (QED) is 0.621. The van der Waals surface area contributed by atoms with Crippen LogP contribution in [0.4, 0.5) is 5.69 Å². The number of fused-ring (bicyclic) bond motifs is 1. The molecular weight excluding hydrogens is 296 g/mol. The Bertz CT molecular complexity index is 590. The number of carbonyl (C=O) groups excluding carboxylic acids is 2. The average molecular weight is 310 g/mol. The number of thioether (sulfide) groups is 1. The van der Waals surface area contributed by atoms with Crippen LogP contribution >= 0.6 is 11.8 Å². The number of carboxylic acids is 1. The number of aliphatic hydroxyl groups excluding tert-OH is 1. The van der Waals surface area contributed by atoms with Gasteiger partial charge in [0.15, 0.2) is 6.10 Å². The maximum Gasteiger partial charge on any atom is 0.332 e. The molecule has 4 N–H and O–H groups in total. The summed E-state index contributed by atoms with van der Waals surface area (Å²) in [5.74, 6) is -1.47. The van der Waals surface area contributed by atoms with E-state index in [2.05, 4.69) is 10.6 Å². The van der Waals surface area contributed by atoms with Crippen molar-refractivity contribution in [3.05, 3.63) is 23.8 Å². The van der Waals surface area contributed by atoms with Crippen molar-refractivity contribution in [2.24, 2.45) is 0 Å². The minimum absolute atomic E-state index is 0.0461. The lowest BCUT2D eigenvalue weighted by Crippen LogP contribution is -2.30. The molecule has 21 heavy (non-hydrogen) atoms. The summed E-state index contributed by atoms with van der Waals surface area (Å²) in [5, 5.41) is 22.8. The third kappa shape index (κ3) is 3.96. The highest BCUT2D eigenvalue weighted by atomic mass is 32.2. The summed E-state index contributed by atoms with van der Waals surface area (Å²) in [6.45, 7) is 0.0461. The fourth-order valence-corrected chi connectivity index (χ4v) is 2.56. The maximum absolute atomic E-state index is 11.9. The number of rotatable bonds is 5. The van der Waals surface area contributed by atoms with Gasteiger partial charge < -0.3 is 20.8 Å². The Hall–Kier alpha value is -2.06. The van der Waals surface area contributed by atoms with Gasteiger partial charge in [0.1, 0.15) is 0 Å². The van der Waals surface area contributed by atoms with Gasteiger partial charge >= 0.3 is 5.97 Å². The molecule has 0 radical (unpaired) electrons. The van der Waals surface area contributed by atoms with Gasteiger partial charge in [-0.25, -0.2) is 4.79 Å². The zero-order valence-corrected chi connectivity index (χ0v) is 11.8. The van der Waals surface area contributed by atoms with Gasteiger partial charge in [0.2, 0.25) is 5.91 Å². The van der Waals surface area contributed by atoms with Gasteiger partial charge in [0.05, 0.1) is 11.4 Å². The lowest BCUT2D eigenvalue weighted by Gasteiger charge is -2.17. The van der Waals surface area contributed by atoms with E-state index in [-0.39, 0.29) is 24.8 Å². The molecule has 0 aromatic heterocycles. The lowest BCUT2D eigenvalue weighted by molar-refractivity contribution is -0.146. The first kappa shape index (κ1) is 15.3. The number of benzene rings is 1. The Morgan fingerprint density at radius 3 is 2.90 bits per heavy atom. The van der Waals surface area contributed by atoms with Crippen molar-refractivity contribution in [1.29, 1.82) is 0 Å². The molecule has 0 fully saturated rings.